The average Bonchev–Trinajstić information content (AvgIpc) is 2.54. The Bertz CT molecular complexity index is 530. The molecule has 2 heterocycles. The lowest BCUT2D eigenvalue weighted by Crippen LogP contribution is -2.47. The number of nitrogens with one attached hydrogen (secondary N) is 1. The lowest BCUT2D eigenvalue weighted by molar-refractivity contribution is -0.142. The van der Waals surface area contributed by atoms with Gasteiger partial charge in [-0.2, -0.15) is 0 Å². The first-order valence-electron chi connectivity index (χ1n) is 8.87. The minimum Gasteiger partial charge on any atom is -0.376 e. The van der Waals surface area contributed by atoms with Gasteiger partial charge in [-0.1, -0.05) is 18.2 Å². The van der Waals surface area contributed by atoms with Gasteiger partial charge in [0.05, 0.1) is 18.8 Å². The molecule has 128 valence electrons. The Hall–Kier alpha value is -0.610. The zero-order valence-electron chi connectivity index (χ0n) is 13.8. The highest BCUT2D eigenvalue weighted by atomic mass is 35.5. The van der Waals surface area contributed by atoms with Crippen LogP contribution in [-0.2, 0) is 29.0 Å². The highest BCUT2D eigenvalue weighted by molar-refractivity contribution is 5.85. The molecule has 1 N–H and O–H groups in total. The molecule has 4 heteroatoms. The molecule has 1 aromatic rings. The summed E-state index contributed by atoms with van der Waals surface area (Å²) in [5.74, 6) is 0.789. The van der Waals surface area contributed by atoms with Crippen LogP contribution in [-0.4, -0.2) is 25.4 Å². The number of rotatable bonds is 4. The zero-order valence-corrected chi connectivity index (χ0v) is 14.6. The molecule has 1 atom stereocenters. The van der Waals surface area contributed by atoms with E-state index < -0.39 is 0 Å². The van der Waals surface area contributed by atoms with Crippen LogP contribution in [0.2, 0.25) is 0 Å². The Morgan fingerprint density at radius 3 is 2.96 bits per heavy atom. The number of halogens is 1. The Morgan fingerprint density at radius 2 is 2.13 bits per heavy atom. The lowest BCUT2D eigenvalue weighted by Gasteiger charge is -2.47. The second-order valence-electron chi connectivity index (χ2n) is 7.23. The molecule has 0 aromatic heterocycles. The van der Waals surface area contributed by atoms with Crippen molar-refractivity contribution in [2.75, 3.05) is 19.8 Å². The third-order valence-electron chi connectivity index (χ3n) is 5.73. The fourth-order valence-electron chi connectivity index (χ4n) is 4.30. The topological polar surface area (TPSA) is 30.5 Å². The molecule has 2 aliphatic heterocycles. The van der Waals surface area contributed by atoms with E-state index in [0.29, 0.717) is 0 Å². The van der Waals surface area contributed by atoms with Gasteiger partial charge < -0.3 is 14.8 Å². The SMILES string of the molecule is Cl.c1cc(CNCC2CCOC3(CCC3)C2)c2c(c1)COCC2. The van der Waals surface area contributed by atoms with Crippen molar-refractivity contribution >= 4 is 12.4 Å². The highest BCUT2D eigenvalue weighted by Gasteiger charge is 2.42. The van der Waals surface area contributed by atoms with Crippen molar-refractivity contribution in [1.29, 1.82) is 0 Å². The predicted molar refractivity (Wildman–Crippen MR) is 94.0 cm³/mol. The quantitative estimate of drug-likeness (QED) is 0.910. The lowest BCUT2D eigenvalue weighted by atomic mass is 9.72. The molecule has 3 aliphatic rings. The predicted octanol–water partition coefficient (Wildman–Crippen LogP) is 3.62. The minimum absolute atomic E-state index is 0. The monoisotopic (exact) mass is 337 g/mol. The third-order valence-corrected chi connectivity index (χ3v) is 5.73. The molecular weight excluding hydrogens is 310 g/mol. The van der Waals surface area contributed by atoms with Gasteiger partial charge in [0.15, 0.2) is 0 Å². The Balaban J connectivity index is 0.00000156. The molecule has 1 aromatic carbocycles. The van der Waals surface area contributed by atoms with Crippen LogP contribution in [0.4, 0.5) is 0 Å². The molecule has 2 fully saturated rings. The number of hydrogen-bond donors (Lipinski definition) is 1. The van der Waals surface area contributed by atoms with E-state index in [1.807, 2.05) is 0 Å². The maximum atomic E-state index is 6.03. The van der Waals surface area contributed by atoms with E-state index in [1.54, 1.807) is 0 Å². The summed E-state index contributed by atoms with van der Waals surface area (Å²) < 4.78 is 11.6. The van der Waals surface area contributed by atoms with Gasteiger partial charge in [-0.15, -0.1) is 12.4 Å². The summed E-state index contributed by atoms with van der Waals surface area (Å²) in [6.07, 6.45) is 7.48. The minimum atomic E-state index is 0. The first-order chi connectivity index (χ1) is 10.8. The van der Waals surface area contributed by atoms with Crippen molar-refractivity contribution in [2.45, 2.75) is 57.3 Å². The summed E-state index contributed by atoms with van der Waals surface area (Å²) in [5.41, 5.74) is 4.63. The van der Waals surface area contributed by atoms with Crippen LogP contribution >= 0.6 is 12.4 Å². The van der Waals surface area contributed by atoms with Gasteiger partial charge in [-0.25, -0.2) is 0 Å². The van der Waals surface area contributed by atoms with E-state index in [0.717, 1.165) is 45.2 Å². The molecule has 1 spiro atoms. The van der Waals surface area contributed by atoms with E-state index in [4.69, 9.17) is 9.47 Å². The smallest absolute Gasteiger partial charge is 0.0719 e. The van der Waals surface area contributed by atoms with E-state index in [-0.39, 0.29) is 18.0 Å². The van der Waals surface area contributed by atoms with Crippen LogP contribution in [0.5, 0.6) is 0 Å². The summed E-state index contributed by atoms with van der Waals surface area (Å²) in [6, 6.07) is 6.65. The summed E-state index contributed by atoms with van der Waals surface area (Å²) in [7, 11) is 0. The average molecular weight is 338 g/mol. The fraction of sp³-hybridized carbons (Fsp3) is 0.684. The fourth-order valence-corrected chi connectivity index (χ4v) is 4.30. The molecule has 23 heavy (non-hydrogen) atoms. The van der Waals surface area contributed by atoms with Crippen molar-refractivity contribution in [2.24, 2.45) is 5.92 Å². The first-order valence-corrected chi connectivity index (χ1v) is 8.87. The van der Waals surface area contributed by atoms with E-state index in [1.165, 1.54) is 48.8 Å². The van der Waals surface area contributed by atoms with Crippen molar-refractivity contribution < 1.29 is 9.47 Å². The standard InChI is InChI=1S/C19H27NO2.ClH/c1-3-16(18-6-9-21-14-17(18)4-1)13-20-12-15-5-10-22-19(11-15)7-2-8-19;/h1,3-4,15,20H,2,5-14H2;1H. The second-order valence-corrected chi connectivity index (χ2v) is 7.23. The summed E-state index contributed by atoms with van der Waals surface area (Å²) in [4.78, 5) is 0. The second kappa shape index (κ2) is 7.52. The third kappa shape index (κ3) is 3.74. The zero-order chi connectivity index (χ0) is 14.8. The van der Waals surface area contributed by atoms with Crippen molar-refractivity contribution in [3.05, 3.63) is 34.9 Å². The van der Waals surface area contributed by atoms with Crippen LogP contribution in [0, 0.1) is 5.92 Å². The highest BCUT2D eigenvalue weighted by Crippen LogP contribution is 2.44. The number of hydrogen-bond acceptors (Lipinski definition) is 3. The number of ether oxygens (including phenoxy) is 2. The van der Waals surface area contributed by atoms with E-state index in [9.17, 15) is 0 Å². The maximum Gasteiger partial charge on any atom is 0.0719 e. The van der Waals surface area contributed by atoms with Crippen LogP contribution in [0.25, 0.3) is 0 Å². The molecule has 0 radical (unpaired) electrons. The van der Waals surface area contributed by atoms with Gasteiger partial charge in [0.25, 0.3) is 0 Å². The molecule has 0 bridgehead atoms. The summed E-state index contributed by atoms with van der Waals surface area (Å²) in [5, 5.41) is 3.71. The normalized spacial score (nSPS) is 25.3. The van der Waals surface area contributed by atoms with Crippen LogP contribution in [0.15, 0.2) is 18.2 Å². The van der Waals surface area contributed by atoms with Crippen LogP contribution < -0.4 is 5.32 Å². The molecule has 1 saturated heterocycles. The first kappa shape index (κ1) is 17.2. The van der Waals surface area contributed by atoms with Crippen molar-refractivity contribution in [3.63, 3.8) is 0 Å². The Morgan fingerprint density at radius 1 is 1.22 bits per heavy atom. The molecule has 1 unspecified atom stereocenters. The summed E-state index contributed by atoms with van der Waals surface area (Å²) in [6.45, 7) is 4.74. The Labute approximate surface area is 145 Å². The van der Waals surface area contributed by atoms with Crippen LogP contribution in [0.1, 0.15) is 48.8 Å². The van der Waals surface area contributed by atoms with E-state index in [2.05, 4.69) is 23.5 Å². The summed E-state index contributed by atoms with van der Waals surface area (Å²) >= 11 is 0. The van der Waals surface area contributed by atoms with Gasteiger partial charge in [0, 0.05) is 13.2 Å². The Kier molecular flexibility index (Phi) is 5.63. The molecule has 0 amide bonds. The van der Waals surface area contributed by atoms with Gasteiger partial charge in [0.1, 0.15) is 0 Å². The van der Waals surface area contributed by atoms with E-state index >= 15 is 0 Å². The van der Waals surface area contributed by atoms with Crippen molar-refractivity contribution in [3.8, 4) is 0 Å². The molecule has 1 saturated carbocycles. The van der Waals surface area contributed by atoms with Gasteiger partial charge in [-0.05, 0) is 67.7 Å². The maximum absolute atomic E-state index is 6.03. The number of benzene rings is 1. The number of fused-ring (bicyclic) bond motifs is 1. The van der Waals surface area contributed by atoms with Crippen molar-refractivity contribution in [1.82, 2.24) is 5.32 Å². The van der Waals surface area contributed by atoms with Gasteiger partial charge in [-0.3, -0.25) is 0 Å². The molecule has 4 rings (SSSR count). The molecule has 1 aliphatic carbocycles. The van der Waals surface area contributed by atoms with Gasteiger partial charge in [0.2, 0.25) is 0 Å². The largest absolute Gasteiger partial charge is 0.376 e. The van der Waals surface area contributed by atoms with Crippen LogP contribution in [0.3, 0.4) is 0 Å². The molecular formula is C19H28ClNO2. The van der Waals surface area contributed by atoms with Gasteiger partial charge >= 0.3 is 0 Å². The molecule has 3 nitrogen and oxygen atoms in total.